The largest absolute Gasteiger partial charge is 0.385 e. The number of methoxy groups -OCH3 is 1. The molecule has 1 unspecified atom stereocenters. The topological polar surface area (TPSA) is 85.1 Å². The molecule has 0 radical (unpaired) electrons. The summed E-state index contributed by atoms with van der Waals surface area (Å²) < 4.78 is 5.08. The number of hydrazine groups is 1. The van der Waals surface area contributed by atoms with Gasteiger partial charge in [-0.2, -0.15) is 4.98 Å². The van der Waals surface area contributed by atoms with E-state index in [1.165, 1.54) is 4.88 Å². The summed E-state index contributed by atoms with van der Waals surface area (Å²) in [4.78, 5) is 10.9. The highest BCUT2D eigenvalue weighted by Gasteiger charge is 2.12. The van der Waals surface area contributed by atoms with Crippen molar-refractivity contribution in [3.63, 3.8) is 0 Å². The minimum atomic E-state index is 0.267. The smallest absolute Gasteiger partial charge is 0.240 e. The van der Waals surface area contributed by atoms with Gasteiger partial charge >= 0.3 is 0 Å². The van der Waals surface area contributed by atoms with E-state index < -0.39 is 0 Å². The molecule has 2 aromatic heterocycles. The van der Waals surface area contributed by atoms with Crippen LogP contribution in [0.25, 0.3) is 10.2 Å². The number of fused-ring (bicyclic) bond motifs is 1. The van der Waals surface area contributed by atoms with Crippen molar-refractivity contribution in [3.8, 4) is 0 Å². The van der Waals surface area contributed by atoms with E-state index >= 15 is 0 Å². The Morgan fingerprint density at radius 1 is 1.47 bits per heavy atom. The first-order valence-electron chi connectivity index (χ1n) is 6.14. The van der Waals surface area contributed by atoms with Gasteiger partial charge in [0.15, 0.2) is 0 Å². The molecule has 2 aromatic rings. The van der Waals surface area contributed by atoms with Gasteiger partial charge < -0.3 is 10.1 Å². The fourth-order valence-corrected chi connectivity index (χ4v) is 2.70. The average Bonchev–Trinajstić information content (AvgIpc) is 2.76. The Bertz CT molecular complexity index is 556. The van der Waals surface area contributed by atoms with Crippen molar-refractivity contribution < 1.29 is 4.74 Å². The number of hydrogen-bond acceptors (Lipinski definition) is 7. The van der Waals surface area contributed by atoms with Crippen LogP contribution < -0.4 is 16.6 Å². The summed E-state index contributed by atoms with van der Waals surface area (Å²) in [6, 6.07) is 2.36. The summed E-state index contributed by atoms with van der Waals surface area (Å²) >= 11 is 1.63. The first kappa shape index (κ1) is 14.0. The number of hydrogen-bond donors (Lipinski definition) is 3. The zero-order valence-corrected chi connectivity index (χ0v) is 12.2. The molecule has 0 amide bonds. The number of nitrogens with one attached hydrogen (secondary N) is 2. The number of thiophene rings is 1. The Morgan fingerprint density at radius 2 is 2.26 bits per heavy atom. The van der Waals surface area contributed by atoms with E-state index in [1.807, 2.05) is 0 Å². The first-order valence-corrected chi connectivity index (χ1v) is 6.96. The summed E-state index contributed by atoms with van der Waals surface area (Å²) in [7, 11) is 1.70. The van der Waals surface area contributed by atoms with Crippen molar-refractivity contribution >= 4 is 33.3 Å². The van der Waals surface area contributed by atoms with Gasteiger partial charge in [-0.1, -0.05) is 0 Å². The Balaban J connectivity index is 2.29. The highest BCUT2D eigenvalue weighted by Crippen LogP contribution is 2.29. The van der Waals surface area contributed by atoms with E-state index in [0.29, 0.717) is 12.6 Å². The molecular formula is C12H19N5OS. The van der Waals surface area contributed by atoms with Gasteiger partial charge in [0.05, 0.1) is 5.39 Å². The standard InChI is InChI=1S/C12H19N5OS/c1-7(4-5-18-3)14-10-9-6-8(2)19-11(9)16-12(15-10)17-13/h6-7H,4-5,13H2,1-3H3,(H2,14,15,16,17). The molecule has 0 saturated heterocycles. The molecule has 2 rings (SSSR count). The molecule has 0 aliphatic heterocycles. The Morgan fingerprint density at radius 3 is 2.95 bits per heavy atom. The summed E-state index contributed by atoms with van der Waals surface area (Å²) in [5.74, 6) is 6.65. The van der Waals surface area contributed by atoms with Crippen LogP contribution >= 0.6 is 11.3 Å². The van der Waals surface area contributed by atoms with E-state index in [0.717, 1.165) is 22.5 Å². The highest BCUT2D eigenvalue weighted by atomic mass is 32.1. The minimum Gasteiger partial charge on any atom is -0.385 e. The molecular weight excluding hydrogens is 262 g/mol. The third-order valence-corrected chi connectivity index (χ3v) is 3.73. The van der Waals surface area contributed by atoms with Crippen LogP contribution in [0.15, 0.2) is 6.07 Å². The van der Waals surface area contributed by atoms with Crippen molar-refractivity contribution in [1.29, 1.82) is 0 Å². The van der Waals surface area contributed by atoms with E-state index in [9.17, 15) is 0 Å². The predicted octanol–water partition coefficient (Wildman–Crippen LogP) is 2.12. The molecule has 6 nitrogen and oxygen atoms in total. The number of rotatable bonds is 6. The van der Waals surface area contributed by atoms with E-state index in [1.54, 1.807) is 18.4 Å². The van der Waals surface area contributed by atoms with Crippen molar-refractivity contribution in [2.45, 2.75) is 26.3 Å². The number of nitrogens with two attached hydrogens (primary N) is 1. The van der Waals surface area contributed by atoms with Gasteiger partial charge in [0, 0.05) is 24.6 Å². The third-order valence-electron chi connectivity index (χ3n) is 2.78. The second-order valence-electron chi connectivity index (χ2n) is 4.44. The van der Waals surface area contributed by atoms with Gasteiger partial charge in [-0.3, -0.25) is 5.43 Å². The van der Waals surface area contributed by atoms with Crippen molar-refractivity contribution in [2.75, 3.05) is 24.5 Å². The zero-order chi connectivity index (χ0) is 13.8. The second-order valence-corrected chi connectivity index (χ2v) is 5.68. The monoisotopic (exact) mass is 281 g/mol. The molecule has 0 bridgehead atoms. The van der Waals surface area contributed by atoms with Crippen molar-refractivity contribution in [2.24, 2.45) is 5.84 Å². The van der Waals surface area contributed by atoms with Gasteiger partial charge in [0.25, 0.3) is 0 Å². The van der Waals surface area contributed by atoms with E-state index in [4.69, 9.17) is 10.6 Å². The molecule has 2 heterocycles. The molecule has 0 fully saturated rings. The molecule has 0 aliphatic rings. The Hall–Kier alpha value is -1.44. The van der Waals surface area contributed by atoms with Crippen LogP contribution in [0, 0.1) is 6.92 Å². The lowest BCUT2D eigenvalue weighted by Crippen LogP contribution is -2.19. The quantitative estimate of drug-likeness (QED) is 0.555. The van der Waals surface area contributed by atoms with Gasteiger partial charge in [-0.15, -0.1) is 11.3 Å². The fraction of sp³-hybridized carbons (Fsp3) is 0.500. The molecule has 0 aromatic carbocycles. The highest BCUT2D eigenvalue weighted by molar-refractivity contribution is 7.18. The molecule has 0 spiro atoms. The lowest BCUT2D eigenvalue weighted by Gasteiger charge is -2.15. The van der Waals surface area contributed by atoms with Crippen LogP contribution in [0.1, 0.15) is 18.2 Å². The van der Waals surface area contributed by atoms with Crippen molar-refractivity contribution in [3.05, 3.63) is 10.9 Å². The van der Waals surface area contributed by atoms with Gasteiger partial charge in [-0.25, -0.2) is 10.8 Å². The SMILES string of the molecule is COCCC(C)Nc1nc(NN)nc2sc(C)cc12. The van der Waals surface area contributed by atoms with Crippen molar-refractivity contribution in [1.82, 2.24) is 9.97 Å². The molecule has 4 N–H and O–H groups in total. The van der Waals surface area contributed by atoms with Crippen LogP contribution in [-0.2, 0) is 4.74 Å². The van der Waals surface area contributed by atoms with E-state index in [-0.39, 0.29) is 6.04 Å². The normalized spacial score (nSPS) is 12.6. The number of anilines is 2. The van der Waals surface area contributed by atoms with E-state index in [2.05, 4.69) is 40.6 Å². The number of ether oxygens (including phenoxy) is 1. The minimum absolute atomic E-state index is 0.267. The first-order chi connectivity index (χ1) is 9.13. The van der Waals surface area contributed by atoms with Gasteiger partial charge in [-0.05, 0) is 26.3 Å². The summed E-state index contributed by atoms with van der Waals surface area (Å²) in [6.07, 6.45) is 0.913. The molecule has 104 valence electrons. The summed E-state index contributed by atoms with van der Waals surface area (Å²) in [6.45, 7) is 4.87. The molecule has 19 heavy (non-hydrogen) atoms. The zero-order valence-electron chi connectivity index (χ0n) is 11.4. The third kappa shape index (κ3) is 3.31. The molecule has 7 heteroatoms. The molecule has 0 aliphatic carbocycles. The Kier molecular flexibility index (Phi) is 4.52. The van der Waals surface area contributed by atoms with Crippen LogP contribution in [-0.4, -0.2) is 29.7 Å². The second kappa shape index (κ2) is 6.14. The number of aromatic nitrogens is 2. The average molecular weight is 281 g/mol. The maximum Gasteiger partial charge on any atom is 0.240 e. The Labute approximate surface area is 116 Å². The maximum atomic E-state index is 5.41. The van der Waals surface area contributed by atoms with Crippen LogP contribution in [0.3, 0.4) is 0 Å². The summed E-state index contributed by atoms with van der Waals surface area (Å²) in [5, 5.41) is 4.42. The molecule has 0 saturated carbocycles. The lowest BCUT2D eigenvalue weighted by molar-refractivity contribution is 0.191. The molecule has 1 atom stereocenters. The number of nitrogen functional groups attached to an aromatic ring is 1. The number of aryl methyl sites for hydroxylation is 1. The summed E-state index contributed by atoms with van der Waals surface area (Å²) in [5.41, 5.74) is 2.50. The predicted molar refractivity (Wildman–Crippen MR) is 79.5 cm³/mol. The lowest BCUT2D eigenvalue weighted by atomic mass is 10.2. The van der Waals surface area contributed by atoms with Crippen LogP contribution in [0.2, 0.25) is 0 Å². The maximum absolute atomic E-state index is 5.41. The van der Waals surface area contributed by atoms with Gasteiger partial charge in [0.2, 0.25) is 5.95 Å². The fourth-order valence-electron chi connectivity index (χ4n) is 1.82. The number of nitrogens with zero attached hydrogens (tertiary/aromatic N) is 2. The van der Waals surface area contributed by atoms with Crippen LogP contribution in [0.4, 0.5) is 11.8 Å². The van der Waals surface area contributed by atoms with Crippen LogP contribution in [0.5, 0.6) is 0 Å². The van der Waals surface area contributed by atoms with Gasteiger partial charge in [0.1, 0.15) is 10.6 Å².